The summed E-state index contributed by atoms with van der Waals surface area (Å²) in [7, 11) is 0. The monoisotopic (exact) mass is 326 g/mol. The lowest BCUT2D eigenvalue weighted by molar-refractivity contribution is 0.0924. The summed E-state index contributed by atoms with van der Waals surface area (Å²) in [5.41, 5.74) is 1.68. The summed E-state index contributed by atoms with van der Waals surface area (Å²) >= 11 is 0. The molecule has 0 aromatic carbocycles. The topological polar surface area (TPSA) is 77.0 Å². The summed E-state index contributed by atoms with van der Waals surface area (Å²) in [6.07, 6.45) is 7.60. The van der Waals surface area contributed by atoms with Gasteiger partial charge in [-0.15, -0.1) is 0 Å². The number of carbonyl (C=O) groups is 1. The molecule has 0 bridgehead atoms. The van der Waals surface area contributed by atoms with Crippen LogP contribution in [0.25, 0.3) is 0 Å². The highest BCUT2D eigenvalue weighted by atomic mass is 16.5. The molecule has 1 aliphatic heterocycles. The van der Waals surface area contributed by atoms with Gasteiger partial charge >= 0.3 is 0 Å². The first-order valence-corrected chi connectivity index (χ1v) is 8.23. The van der Waals surface area contributed by atoms with Gasteiger partial charge in [-0.05, 0) is 24.1 Å². The Morgan fingerprint density at radius 3 is 2.62 bits per heavy atom. The van der Waals surface area contributed by atoms with Crippen LogP contribution in [0, 0.1) is 5.92 Å². The fourth-order valence-electron chi connectivity index (χ4n) is 2.79. The van der Waals surface area contributed by atoms with Crippen LogP contribution in [0.3, 0.4) is 0 Å². The van der Waals surface area contributed by atoms with Gasteiger partial charge < -0.3 is 10.1 Å². The second kappa shape index (κ2) is 7.49. The predicted octanol–water partition coefficient (Wildman–Crippen LogP) is 1.98. The maximum Gasteiger partial charge on any atom is 0.254 e. The molecule has 0 radical (unpaired) electrons. The van der Waals surface area contributed by atoms with Crippen molar-refractivity contribution >= 4 is 5.91 Å². The van der Waals surface area contributed by atoms with E-state index in [-0.39, 0.29) is 23.8 Å². The molecule has 2 aromatic rings. The Hall–Kier alpha value is -2.34. The van der Waals surface area contributed by atoms with Crippen LogP contribution in [-0.4, -0.2) is 40.1 Å². The first kappa shape index (κ1) is 16.5. The summed E-state index contributed by atoms with van der Waals surface area (Å²) in [5.74, 6) is 1.09. The smallest absolute Gasteiger partial charge is 0.254 e. The zero-order valence-corrected chi connectivity index (χ0v) is 14.0. The molecule has 3 heterocycles. The Labute approximate surface area is 141 Å². The van der Waals surface area contributed by atoms with Crippen LogP contribution in [0.4, 0.5) is 0 Å². The number of nitrogens with zero attached hydrogens (tertiary/aromatic N) is 3. The molecule has 6 nitrogen and oxygen atoms in total. The number of nitrogens with one attached hydrogen (secondary N) is 1. The van der Waals surface area contributed by atoms with Crippen molar-refractivity contribution in [1.82, 2.24) is 20.3 Å². The first-order valence-electron chi connectivity index (χ1n) is 8.23. The molecule has 3 rings (SSSR count). The van der Waals surface area contributed by atoms with Crippen molar-refractivity contribution in [3.8, 4) is 0 Å². The molecule has 2 aromatic heterocycles. The molecule has 0 aliphatic carbocycles. The quantitative estimate of drug-likeness (QED) is 0.909. The number of rotatable bonds is 5. The number of ether oxygens (including phenoxy) is 1. The van der Waals surface area contributed by atoms with Crippen LogP contribution in [-0.2, 0) is 11.2 Å². The third-order valence-corrected chi connectivity index (χ3v) is 4.21. The van der Waals surface area contributed by atoms with Crippen LogP contribution in [0.1, 0.15) is 41.5 Å². The fourth-order valence-corrected chi connectivity index (χ4v) is 2.79. The van der Waals surface area contributed by atoms with Crippen molar-refractivity contribution < 1.29 is 9.53 Å². The van der Waals surface area contributed by atoms with Crippen LogP contribution >= 0.6 is 0 Å². The molecular weight excluding hydrogens is 304 g/mol. The van der Waals surface area contributed by atoms with Gasteiger partial charge in [0, 0.05) is 36.6 Å². The van der Waals surface area contributed by atoms with E-state index in [1.807, 2.05) is 26.0 Å². The van der Waals surface area contributed by atoms with Crippen molar-refractivity contribution in [2.45, 2.75) is 32.2 Å². The Morgan fingerprint density at radius 1 is 1.25 bits per heavy atom. The number of pyridine rings is 1. The van der Waals surface area contributed by atoms with E-state index in [2.05, 4.69) is 20.3 Å². The van der Waals surface area contributed by atoms with E-state index in [9.17, 15) is 4.79 Å². The van der Waals surface area contributed by atoms with E-state index in [1.54, 1.807) is 24.8 Å². The van der Waals surface area contributed by atoms with Gasteiger partial charge in [0.1, 0.15) is 5.82 Å². The normalized spacial score (nSPS) is 20.3. The van der Waals surface area contributed by atoms with Gasteiger partial charge in [-0.25, -0.2) is 9.97 Å². The molecule has 1 amide bonds. The zero-order valence-electron chi connectivity index (χ0n) is 14.0. The maximum atomic E-state index is 12.4. The Kier molecular flexibility index (Phi) is 5.15. The molecule has 2 atom stereocenters. The summed E-state index contributed by atoms with van der Waals surface area (Å²) < 4.78 is 5.57. The van der Waals surface area contributed by atoms with Gasteiger partial charge in [-0.3, -0.25) is 9.78 Å². The van der Waals surface area contributed by atoms with Crippen LogP contribution in [0.15, 0.2) is 36.9 Å². The lowest BCUT2D eigenvalue weighted by Crippen LogP contribution is -2.40. The van der Waals surface area contributed by atoms with Crippen LogP contribution in [0.2, 0.25) is 0 Å². The predicted molar refractivity (Wildman–Crippen MR) is 89.6 cm³/mol. The van der Waals surface area contributed by atoms with Gasteiger partial charge in [0.2, 0.25) is 0 Å². The first-order chi connectivity index (χ1) is 11.6. The van der Waals surface area contributed by atoms with Gasteiger partial charge in [-0.2, -0.15) is 0 Å². The second-order valence-corrected chi connectivity index (χ2v) is 6.42. The fraction of sp³-hybridized carbons (Fsp3) is 0.444. The van der Waals surface area contributed by atoms with Crippen molar-refractivity contribution in [2.24, 2.45) is 5.92 Å². The third kappa shape index (κ3) is 3.94. The largest absolute Gasteiger partial charge is 0.379 e. The van der Waals surface area contributed by atoms with Gasteiger partial charge in [0.25, 0.3) is 5.91 Å². The summed E-state index contributed by atoms with van der Waals surface area (Å²) in [6.45, 7) is 5.23. The number of amides is 1. The van der Waals surface area contributed by atoms with Crippen molar-refractivity contribution in [3.05, 3.63) is 53.9 Å². The molecule has 0 unspecified atom stereocenters. The molecule has 24 heavy (non-hydrogen) atoms. The van der Waals surface area contributed by atoms with Gasteiger partial charge in [0.15, 0.2) is 0 Å². The zero-order chi connectivity index (χ0) is 16.9. The lowest BCUT2D eigenvalue weighted by Gasteiger charge is -2.19. The maximum absolute atomic E-state index is 12.4. The molecule has 126 valence electrons. The average molecular weight is 326 g/mol. The number of hydrogen-bond acceptors (Lipinski definition) is 5. The van der Waals surface area contributed by atoms with Crippen LogP contribution in [0.5, 0.6) is 0 Å². The lowest BCUT2D eigenvalue weighted by atomic mass is 9.95. The van der Waals surface area contributed by atoms with Crippen molar-refractivity contribution in [1.29, 1.82) is 0 Å². The van der Waals surface area contributed by atoms with Gasteiger partial charge in [-0.1, -0.05) is 13.8 Å². The Bertz CT molecular complexity index is 673. The van der Waals surface area contributed by atoms with E-state index in [0.29, 0.717) is 18.8 Å². The number of carbonyl (C=O) groups excluding carboxylic acids is 1. The van der Waals surface area contributed by atoms with E-state index in [0.717, 1.165) is 12.2 Å². The van der Waals surface area contributed by atoms with Crippen LogP contribution < -0.4 is 5.32 Å². The minimum absolute atomic E-state index is 0.00422. The third-order valence-electron chi connectivity index (χ3n) is 4.21. The minimum atomic E-state index is -0.152. The summed E-state index contributed by atoms with van der Waals surface area (Å²) in [6, 6.07) is 3.99. The molecule has 0 saturated carbocycles. The molecule has 6 heteroatoms. The average Bonchev–Trinajstić information content (AvgIpc) is 3.02. The minimum Gasteiger partial charge on any atom is -0.379 e. The van der Waals surface area contributed by atoms with E-state index >= 15 is 0 Å². The van der Waals surface area contributed by atoms with Gasteiger partial charge in [0.05, 0.1) is 24.8 Å². The van der Waals surface area contributed by atoms with E-state index in [1.165, 1.54) is 5.56 Å². The second-order valence-electron chi connectivity index (χ2n) is 6.42. The highest BCUT2D eigenvalue weighted by Crippen LogP contribution is 2.19. The van der Waals surface area contributed by atoms with Crippen molar-refractivity contribution in [2.75, 3.05) is 13.2 Å². The highest BCUT2D eigenvalue weighted by molar-refractivity contribution is 5.93. The Morgan fingerprint density at radius 2 is 1.96 bits per heavy atom. The number of hydrogen-bond donors (Lipinski definition) is 1. The molecule has 0 spiro atoms. The molecule has 1 aliphatic rings. The van der Waals surface area contributed by atoms with Crippen molar-refractivity contribution in [3.63, 3.8) is 0 Å². The Balaban J connectivity index is 1.62. The molecule has 1 fully saturated rings. The number of aromatic nitrogens is 3. The SMILES string of the molecule is CC(C)c1ncc(C(=O)N[C@@H]2COC[C@H]2Cc2ccncc2)cn1. The highest BCUT2D eigenvalue weighted by Gasteiger charge is 2.30. The van der Waals surface area contributed by atoms with E-state index < -0.39 is 0 Å². The van der Waals surface area contributed by atoms with E-state index in [4.69, 9.17) is 4.74 Å². The molecular formula is C18H22N4O2. The molecule has 1 N–H and O–H groups in total. The summed E-state index contributed by atoms with van der Waals surface area (Å²) in [5, 5.41) is 3.05. The summed E-state index contributed by atoms with van der Waals surface area (Å²) in [4.78, 5) is 25.0. The molecule has 1 saturated heterocycles. The standard InChI is InChI=1S/C18H22N4O2/c1-12(2)17-20-8-15(9-21-17)18(23)22-16-11-24-10-14(16)7-13-3-5-19-6-4-13/h3-6,8-9,12,14,16H,7,10-11H2,1-2H3,(H,22,23)/t14-,16-/m1/s1.